The zero-order valence-corrected chi connectivity index (χ0v) is 5.07. The van der Waals surface area contributed by atoms with Gasteiger partial charge in [0.1, 0.15) is 0 Å². The summed E-state index contributed by atoms with van der Waals surface area (Å²) in [6, 6.07) is 0. The van der Waals surface area contributed by atoms with E-state index in [0.717, 1.165) is 0 Å². The third-order valence-corrected chi connectivity index (χ3v) is 1.15. The summed E-state index contributed by atoms with van der Waals surface area (Å²) < 4.78 is 1.76. The summed E-state index contributed by atoms with van der Waals surface area (Å²) >= 11 is 0. The van der Waals surface area contributed by atoms with E-state index >= 15 is 0 Å². The van der Waals surface area contributed by atoms with Gasteiger partial charge in [-0.1, -0.05) is 0 Å². The third kappa shape index (κ3) is 1.28. The van der Waals surface area contributed by atoms with E-state index in [1.807, 2.05) is 0 Å². The molecule has 4 nitrogen and oxygen atoms in total. The Bertz CT molecular complexity index is 157. The van der Waals surface area contributed by atoms with Crippen LogP contribution in [0.4, 0.5) is 0 Å². The topological polar surface area (TPSA) is 69.9 Å². The Labute approximate surface area is 53.5 Å². The molecule has 4 heteroatoms. The SMILES string of the molecule is NCC(N)n1ccnc1. The van der Waals surface area contributed by atoms with E-state index < -0.39 is 0 Å². The molecule has 0 saturated carbocycles. The molecule has 1 unspecified atom stereocenters. The maximum absolute atomic E-state index is 5.54. The van der Waals surface area contributed by atoms with Crippen molar-refractivity contribution in [3.63, 3.8) is 0 Å². The van der Waals surface area contributed by atoms with Gasteiger partial charge in [-0.2, -0.15) is 0 Å². The molecular weight excluding hydrogens is 116 g/mol. The van der Waals surface area contributed by atoms with Crippen LogP contribution in [0.15, 0.2) is 18.7 Å². The molecule has 9 heavy (non-hydrogen) atoms. The Morgan fingerprint density at radius 1 is 1.67 bits per heavy atom. The summed E-state index contributed by atoms with van der Waals surface area (Å²) in [7, 11) is 0. The first kappa shape index (κ1) is 6.25. The summed E-state index contributed by atoms with van der Waals surface area (Å²) in [5, 5.41) is 0. The van der Waals surface area contributed by atoms with Gasteiger partial charge in [0.05, 0.1) is 12.5 Å². The normalized spacial score (nSPS) is 13.6. The minimum atomic E-state index is -0.132. The molecule has 1 aromatic heterocycles. The van der Waals surface area contributed by atoms with Crippen LogP contribution in [0.3, 0.4) is 0 Å². The van der Waals surface area contributed by atoms with Gasteiger partial charge in [-0.3, -0.25) is 0 Å². The van der Waals surface area contributed by atoms with Gasteiger partial charge in [0.15, 0.2) is 0 Å². The molecule has 0 aliphatic rings. The van der Waals surface area contributed by atoms with E-state index in [9.17, 15) is 0 Å². The summed E-state index contributed by atoms with van der Waals surface area (Å²) in [5.41, 5.74) is 10.8. The number of rotatable bonds is 2. The van der Waals surface area contributed by atoms with Crippen LogP contribution in [0.2, 0.25) is 0 Å². The summed E-state index contributed by atoms with van der Waals surface area (Å²) in [6.07, 6.45) is 4.98. The Morgan fingerprint density at radius 3 is 2.89 bits per heavy atom. The second kappa shape index (κ2) is 2.61. The number of hydrogen-bond donors (Lipinski definition) is 2. The van der Waals surface area contributed by atoms with Crippen LogP contribution in [0.25, 0.3) is 0 Å². The van der Waals surface area contributed by atoms with Crippen LogP contribution >= 0.6 is 0 Å². The van der Waals surface area contributed by atoms with Gasteiger partial charge in [0, 0.05) is 18.9 Å². The number of nitrogens with zero attached hydrogens (tertiary/aromatic N) is 2. The third-order valence-electron chi connectivity index (χ3n) is 1.15. The van der Waals surface area contributed by atoms with Crippen molar-refractivity contribution in [3.05, 3.63) is 18.7 Å². The first-order chi connectivity index (χ1) is 4.34. The maximum Gasteiger partial charge on any atom is 0.0959 e. The zero-order valence-electron chi connectivity index (χ0n) is 5.07. The van der Waals surface area contributed by atoms with E-state index in [0.29, 0.717) is 6.54 Å². The molecule has 1 atom stereocenters. The van der Waals surface area contributed by atoms with Crippen LogP contribution in [-0.4, -0.2) is 16.1 Å². The van der Waals surface area contributed by atoms with Crippen molar-refractivity contribution in [2.45, 2.75) is 6.17 Å². The molecule has 0 amide bonds. The van der Waals surface area contributed by atoms with Gasteiger partial charge in [-0.15, -0.1) is 0 Å². The van der Waals surface area contributed by atoms with Crippen LogP contribution in [0, 0.1) is 0 Å². The van der Waals surface area contributed by atoms with Gasteiger partial charge < -0.3 is 16.0 Å². The lowest BCUT2D eigenvalue weighted by atomic mass is 10.5. The lowest BCUT2D eigenvalue weighted by Gasteiger charge is -2.07. The minimum absolute atomic E-state index is 0.132. The minimum Gasteiger partial charge on any atom is -0.327 e. The highest BCUT2D eigenvalue weighted by Crippen LogP contribution is 1.92. The summed E-state index contributed by atoms with van der Waals surface area (Å²) in [5.74, 6) is 0. The molecule has 1 rings (SSSR count). The average molecular weight is 126 g/mol. The van der Waals surface area contributed by atoms with Crippen molar-refractivity contribution in [2.75, 3.05) is 6.54 Å². The van der Waals surface area contributed by atoms with Crippen LogP contribution in [-0.2, 0) is 0 Å². The number of hydrogen-bond acceptors (Lipinski definition) is 3. The van der Waals surface area contributed by atoms with E-state index in [1.165, 1.54) is 0 Å². The molecule has 1 aromatic rings. The highest BCUT2D eigenvalue weighted by molar-refractivity contribution is 4.77. The molecule has 0 saturated heterocycles. The molecule has 50 valence electrons. The predicted molar refractivity (Wildman–Crippen MR) is 34.5 cm³/mol. The van der Waals surface area contributed by atoms with Crippen LogP contribution in [0.1, 0.15) is 6.17 Å². The van der Waals surface area contributed by atoms with Gasteiger partial charge >= 0.3 is 0 Å². The Hall–Kier alpha value is -0.870. The van der Waals surface area contributed by atoms with Crippen molar-refractivity contribution in [3.8, 4) is 0 Å². The molecule has 0 bridgehead atoms. The second-order valence-corrected chi connectivity index (χ2v) is 1.81. The lowest BCUT2D eigenvalue weighted by Crippen LogP contribution is -2.25. The largest absolute Gasteiger partial charge is 0.327 e. The molecule has 0 fully saturated rings. The smallest absolute Gasteiger partial charge is 0.0959 e. The summed E-state index contributed by atoms with van der Waals surface area (Å²) in [6.45, 7) is 0.441. The van der Waals surface area contributed by atoms with Crippen molar-refractivity contribution in [2.24, 2.45) is 11.5 Å². The molecular formula is C5H10N4. The van der Waals surface area contributed by atoms with Gasteiger partial charge in [0.2, 0.25) is 0 Å². The zero-order chi connectivity index (χ0) is 6.69. The van der Waals surface area contributed by atoms with Crippen molar-refractivity contribution >= 4 is 0 Å². The predicted octanol–water partition coefficient (Wildman–Crippen LogP) is -0.701. The molecule has 0 spiro atoms. The fourth-order valence-corrected chi connectivity index (χ4v) is 0.587. The quantitative estimate of drug-likeness (QED) is 0.550. The molecule has 4 N–H and O–H groups in total. The monoisotopic (exact) mass is 126 g/mol. The number of aromatic nitrogens is 2. The Kier molecular flexibility index (Phi) is 1.81. The van der Waals surface area contributed by atoms with E-state index in [-0.39, 0.29) is 6.17 Å². The van der Waals surface area contributed by atoms with Crippen LogP contribution in [0.5, 0.6) is 0 Å². The van der Waals surface area contributed by atoms with Crippen molar-refractivity contribution in [1.82, 2.24) is 9.55 Å². The first-order valence-corrected chi connectivity index (χ1v) is 2.77. The van der Waals surface area contributed by atoms with E-state index in [1.54, 1.807) is 23.3 Å². The van der Waals surface area contributed by atoms with E-state index in [2.05, 4.69) is 4.98 Å². The molecule has 0 aromatic carbocycles. The summed E-state index contributed by atoms with van der Waals surface area (Å²) in [4.78, 5) is 3.82. The Morgan fingerprint density at radius 2 is 2.44 bits per heavy atom. The van der Waals surface area contributed by atoms with E-state index in [4.69, 9.17) is 11.5 Å². The fraction of sp³-hybridized carbons (Fsp3) is 0.400. The maximum atomic E-state index is 5.54. The highest BCUT2D eigenvalue weighted by Gasteiger charge is 1.97. The molecule has 1 heterocycles. The molecule has 0 radical (unpaired) electrons. The first-order valence-electron chi connectivity index (χ1n) is 2.77. The molecule has 0 aliphatic carbocycles. The fourth-order valence-electron chi connectivity index (χ4n) is 0.587. The standard InChI is InChI=1S/C5H10N4/c6-3-5(7)9-2-1-8-4-9/h1-2,4-5H,3,6-7H2. The molecule has 0 aliphatic heterocycles. The van der Waals surface area contributed by atoms with Crippen molar-refractivity contribution in [1.29, 1.82) is 0 Å². The highest BCUT2D eigenvalue weighted by atomic mass is 15.1. The van der Waals surface area contributed by atoms with Gasteiger partial charge in [-0.05, 0) is 0 Å². The lowest BCUT2D eigenvalue weighted by molar-refractivity contribution is 0.532. The van der Waals surface area contributed by atoms with Crippen molar-refractivity contribution < 1.29 is 0 Å². The Balaban J connectivity index is 2.65. The van der Waals surface area contributed by atoms with Gasteiger partial charge in [-0.25, -0.2) is 4.98 Å². The average Bonchev–Trinajstić information content (AvgIpc) is 2.37. The number of imidazole rings is 1. The van der Waals surface area contributed by atoms with Gasteiger partial charge in [0.25, 0.3) is 0 Å². The number of nitrogens with two attached hydrogens (primary N) is 2. The van der Waals surface area contributed by atoms with Crippen LogP contribution < -0.4 is 11.5 Å². The second-order valence-electron chi connectivity index (χ2n) is 1.81.